The standard InChI is InChI=1S/C18H20Br2N2O3S/c1-3-22(26(24,25)17-10-8-16(20)9-11-17)12-18(23)21-13(2)14-4-6-15(19)7-5-14/h4-11,13H,3,12H2,1-2H3,(H,21,23)/t13-/m0/s1. The molecule has 1 amide bonds. The fourth-order valence-electron chi connectivity index (χ4n) is 2.40. The van der Waals surface area contributed by atoms with E-state index in [0.29, 0.717) is 0 Å². The van der Waals surface area contributed by atoms with Crippen molar-refractivity contribution in [1.29, 1.82) is 0 Å². The molecule has 1 N–H and O–H groups in total. The molecule has 26 heavy (non-hydrogen) atoms. The number of nitrogens with one attached hydrogen (secondary N) is 1. The van der Waals surface area contributed by atoms with Crippen molar-refractivity contribution < 1.29 is 13.2 Å². The predicted molar refractivity (Wildman–Crippen MR) is 109 cm³/mol. The summed E-state index contributed by atoms with van der Waals surface area (Å²) in [6.45, 7) is 3.55. The van der Waals surface area contributed by atoms with Crippen LogP contribution in [0.4, 0.5) is 0 Å². The number of likely N-dealkylation sites (N-methyl/N-ethyl adjacent to an activating group) is 1. The first-order valence-corrected chi connectivity index (χ1v) is 11.1. The number of sulfonamides is 1. The van der Waals surface area contributed by atoms with E-state index in [-0.39, 0.29) is 29.9 Å². The number of benzene rings is 2. The van der Waals surface area contributed by atoms with E-state index in [1.54, 1.807) is 19.1 Å². The van der Waals surface area contributed by atoms with Crippen LogP contribution >= 0.6 is 31.9 Å². The van der Waals surface area contributed by atoms with Gasteiger partial charge in [0.05, 0.1) is 17.5 Å². The highest BCUT2D eigenvalue weighted by Gasteiger charge is 2.25. The van der Waals surface area contributed by atoms with E-state index in [9.17, 15) is 13.2 Å². The van der Waals surface area contributed by atoms with Crippen LogP contribution in [-0.2, 0) is 14.8 Å². The van der Waals surface area contributed by atoms with Crippen LogP contribution in [0, 0.1) is 0 Å². The summed E-state index contributed by atoms with van der Waals surface area (Å²) in [5.41, 5.74) is 0.945. The third kappa shape index (κ3) is 5.39. The van der Waals surface area contributed by atoms with Crippen molar-refractivity contribution in [2.75, 3.05) is 13.1 Å². The number of carbonyl (C=O) groups is 1. The lowest BCUT2D eigenvalue weighted by Crippen LogP contribution is -2.41. The Bertz CT molecular complexity index is 853. The van der Waals surface area contributed by atoms with Crippen LogP contribution in [0.1, 0.15) is 25.5 Å². The van der Waals surface area contributed by atoms with Crippen LogP contribution in [-0.4, -0.2) is 31.7 Å². The topological polar surface area (TPSA) is 66.5 Å². The molecule has 0 bridgehead atoms. The van der Waals surface area contributed by atoms with E-state index < -0.39 is 10.0 Å². The highest BCUT2D eigenvalue weighted by molar-refractivity contribution is 9.10. The molecule has 0 heterocycles. The van der Waals surface area contributed by atoms with Crippen LogP contribution in [0.15, 0.2) is 62.4 Å². The van der Waals surface area contributed by atoms with E-state index in [2.05, 4.69) is 37.2 Å². The molecule has 0 radical (unpaired) electrons. The van der Waals surface area contributed by atoms with Crippen molar-refractivity contribution in [3.05, 3.63) is 63.0 Å². The Morgan fingerprint density at radius 1 is 1.04 bits per heavy atom. The van der Waals surface area contributed by atoms with Gasteiger partial charge in [-0.2, -0.15) is 4.31 Å². The second-order valence-electron chi connectivity index (χ2n) is 5.73. The Balaban J connectivity index is 2.07. The van der Waals surface area contributed by atoms with Gasteiger partial charge in [-0.25, -0.2) is 8.42 Å². The number of rotatable bonds is 7. The fourth-order valence-corrected chi connectivity index (χ4v) is 4.34. The molecule has 2 aromatic carbocycles. The summed E-state index contributed by atoms with van der Waals surface area (Å²) in [6, 6.07) is 13.8. The van der Waals surface area contributed by atoms with Gasteiger partial charge in [0.2, 0.25) is 15.9 Å². The Morgan fingerprint density at radius 2 is 1.54 bits per heavy atom. The molecule has 0 aliphatic carbocycles. The Labute approximate surface area is 171 Å². The molecule has 140 valence electrons. The van der Waals surface area contributed by atoms with Crippen molar-refractivity contribution in [1.82, 2.24) is 9.62 Å². The summed E-state index contributed by atoms with van der Waals surface area (Å²) in [7, 11) is -3.72. The van der Waals surface area contributed by atoms with Gasteiger partial charge >= 0.3 is 0 Å². The summed E-state index contributed by atoms with van der Waals surface area (Å²) in [6.07, 6.45) is 0. The van der Waals surface area contributed by atoms with Crippen molar-refractivity contribution in [3.8, 4) is 0 Å². The number of hydrogen-bond donors (Lipinski definition) is 1. The molecule has 0 saturated heterocycles. The van der Waals surface area contributed by atoms with Gasteiger partial charge in [0.1, 0.15) is 0 Å². The van der Waals surface area contributed by atoms with E-state index in [4.69, 9.17) is 0 Å². The molecule has 0 saturated carbocycles. The Kier molecular flexibility index (Phi) is 7.40. The minimum atomic E-state index is -3.72. The molecule has 0 unspecified atom stereocenters. The molecular formula is C18H20Br2N2O3S. The number of carbonyl (C=O) groups excluding carboxylic acids is 1. The first kappa shape index (κ1) is 21.1. The molecule has 0 aliphatic heterocycles. The second-order valence-corrected chi connectivity index (χ2v) is 9.50. The molecule has 1 atom stereocenters. The fraction of sp³-hybridized carbons (Fsp3) is 0.278. The molecule has 2 aromatic rings. The SMILES string of the molecule is CCN(CC(=O)N[C@@H](C)c1ccc(Br)cc1)S(=O)(=O)c1ccc(Br)cc1. The van der Waals surface area contributed by atoms with Gasteiger partial charge in [0.15, 0.2) is 0 Å². The Hall–Kier alpha value is -1.22. The number of halogens is 2. The van der Waals surface area contributed by atoms with Gasteiger partial charge in [-0.15, -0.1) is 0 Å². The highest BCUT2D eigenvalue weighted by atomic mass is 79.9. The summed E-state index contributed by atoms with van der Waals surface area (Å²) in [5, 5.41) is 2.85. The van der Waals surface area contributed by atoms with Crippen LogP contribution in [0.2, 0.25) is 0 Å². The number of hydrogen-bond acceptors (Lipinski definition) is 3. The van der Waals surface area contributed by atoms with Crippen molar-refractivity contribution in [2.24, 2.45) is 0 Å². The predicted octanol–water partition coefficient (Wildman–Crippen LogP) is 4.10. The van der Waals surface area contributed by atoms with Gasteiger partial charge in [-0.1, -0.05) is 50.9 Å². The molecular weight excluding hydrogens is 484 g/mol. The number of amides is 1. The summed E-state index contributed by atoms with van der Waals surface area (Å²) < 4.78 is 28.4. The average molecular weight is 504 g/mol. The summed E-state index contributed by atoms with van der Waals surface area (Å²) in [4.78, 5) is 12.5. The van der Waals surface area contributed by atoms with Crippen molar-refractivity contribution in [2.45, 2.75) is 24.8 Å². The average Bonchev–Trinajstić information content (AvgIpc) is 2.60. The molecule has 8 heteroatoms. The van der Waals surface area contributed by atoms with Crippen LogP contribution in [0.3, 0.4) is 0 Å². The van der Waals surface area contributed by atoms with E-state index in [1.165, 1.54) is 16.4 Å². The first-order chi connectivity index (χ1) is 12.2. The van der Waals surface area contributed by atoms with Crippen LogP contribution in [0.25, 0.3) is 0 Å². The third-order valence-corrected chi connectivity index (χ3v) is 6.86. The van der Waals surface area contributed by atoms with E-state index in [0.717, 1.165) is 14.5 Å². The lowest BCUT2D eigenvalue weighted by atomic mass is 10.1. The second kappa shape index (κ2) is 9.12. The van der Waals surface area contributed by atoms with E-state index >= 15 is 0 Å². The zero-order valence-corrected chi connectivity index (χ0v) is 18.4. The zero-order valence-electron chi connectivity index (χ0n) is 14.4. The lowest BCUT2D eigenvalue weighted by molar-refractivity contribution is -0.121. The molecule has 0 aromatic heterocycles. The quantitative estimate of drug-likeness (QED) is 0.618. The molecule has 5 nitrogen and oxygen atoms in total. The maximum atomic E-state index is 12.7. The maximum absolute atomic E-state index is 12.7. The third-order valence-electron chi connectivity index (χ3n) is 3.87. The molecule has 0 fully saturated rings. The lowest BCUT2D eigenvalue weighted by Gasteiger charge is -2.22. The minimum absolute atomic E-state index is 0.163. The van der Waals surface area contributed by atoms with E-state index in [1.807, 2.05) is 31.2 Å². The van der Waals surface area contributed by atoms with Crippen LogP contribution in [0.5, 0.6) is 0 Å². The minimum Gasteiger partial charge on any atom is -0.348 e. The Morgan fingerprint density at radius 3 is 2.04 bits per heavy atom. The summed E-state index contributed by atoms with van der Waals surface area (Å²) in [5.74, 6) is -0.344. The van der Waals surface area contributed by atoms with Gasteiger partial charge in [-0.05, 0) is 48.9 Å². The first-order valence-electron chi connectivity index (χ1n) is 8.04. The zero-order chi connectivity index (χ0) is 19.3. The molecule has 0 aliphatic rings. The van der Waals surface area contributed by atoms with Crippen molar-refractivity contribution in [3.63, 3.8) is 0 Å². The van der Waals surface area contributed by atoms with Crippen molar-refractivity contribution >= 4 is 47.8 Å². The monoisotopic (exact) mass is 502 g/mol. The maximum Gasteiger partial charge on any atom is 0.243 e. The van der Waals surface area contributed by atoms with Gasteiger partial charge in [0, 0.05) is 15.5 Å². The largest absolute Gasteiger partial charge is 0.348 e. The van der Waals surface area contributed by atoms with Gasteiger partial charge in [0.25, 0.3) is 0 Å². The van der Waals surface area contributed by atoms with Gasteiger partial charge < -0.3 is 5.32 Å². The van der Waals surface area contributed by atoms with Gasteiger partial charge in [-0.3, -0.25) is 4.79 Å². The molecule has 2 rings (SSSR count). The summed E-state index contributed by atoms with van der Waals surface area (Å²) >= 11 is 6.66. The normalized spacial score (nSPS) is 12.8. The highest BCUT2D eigenvalue weighted by Crippen LogP contribution is 2.19. The number of nitrogens with zero attached hydrogens (tertiary/aromatic N) is 1. The smallest absolute Gasteiger partial charge is 0.243 e. The van der Waals surface area contributed by atoms with Crippen LogP contribution < -0.4 is 5.32 Å². The molecule has 0 spiro atoms.